The van der Waals surface area contributed by atoms with Crippen molar-refractivity contribution in [3.05, 3.63) is 0 Å². The minimum Gasteiger partial charge on any atom is -0.483 e. The average Bonchev–Trinajstić information content (AvgIpc) is 1.63. The number of halogens is 2. The van der Waals surface area contributed by atoms with Gasteiger partial charge in [0.1, 0.15) is 0 Å². The summed E-state index contributed by atoms with van der Waals surface area (Å²) in [7, 11) is 0.376. The quantitative estimate of drug-likeness (QED) is 0.290. The van der Waals surface area contributed by atoms with Crippen molar-refractivity contribution in [3.8, 4) is 0 Å². The minimum absolute atomic E-state index is 0. The summed E-state index contributed by atoms with van der Waals surface area (Å²) in [5.41, 5.74) is 0. The lowest BCUT2D eigenvalue weighted by atomic mass is 11.7. The van der Waals surface area contributed by atoms with Crippen LogP contribution in [0, 0.1) is 0 Å². The van der Waals surface area contributed by atoms with Crippen molar-refractivity contribution in [2.24, 2.45) is 4.40 Å². The van der Waals surface area contributed by atoms with Gasteiger partial charge in [0.25, 0.3) is 12.6 Å². The van der Waals surface area contributed by atoms with Crippen LogP contribution in [0.1, 0.15) is 0 Å². The second-order valence-electron chi connectivity index (χ2n) is 0.700. The van der Waals surface area contributed by atoms with Gasteiger partial charge in [0.2, 0.25) is 0 Å². The van der Waals surface area contributed by atoms with Crippen molar-refractivity contribution in [2.75, 3.05) is 0 Å². The van der Waals surface area contributed by atoms with E-state index in [0.717, 1.165) is 6.08 Å². The summed E-state index contributed by atoms with van der Waals surface area (Å²) in [5.74, 6) is 0. The summed E-state index contributed by atoms with van der Waals surface area (Å²) in [6.07, 6.45) is 0.763. The van der Waals surface area contributed by atoms with E-state index in [9.17, 15) is 8.42 Å². The zero-order valence-corrected chi connectivity index (χ0v) is 7.19. The lowest BCUT2D eigenvalue weighted by Gasteiger charge is -1.67. The van der Waals surface area contributed by atoms with E-state index >= 15 is 0 Å². The van der Waals surface area contributed by atoms with Gasteiger partial charge in [-0.3, -0.25) is 4.79 Å². The second kappa shape index (κ2) is 9.38. The Morgan fingerprint density at radius 3 is 1.82 bits per heavy atom. The summed E-state index contributed by atoms with van der Waals surface area (Å²) in [5, 5.41) is 6.89. The van der Waals surface area contributed by atoms with E-state index in [-0.39, 0.29) is 18.9 Å². The van der Waals surface area contributed by atoms with E-state index in [1.165, 1.54) is 0 Å². The molecule has 0 rings (SSSR count). The van der Waals surface area contributed by atoms with E-state index in [4.69, 9.17) is 14.7 Å². The fraction of sp³-hybridized carbons (Fsp3) is 0. The normalized spacial score (nSPS) is 7.36. The molecule has 0 aromatic carbocycles. The molecule has 0 aliphatic heterocycles. The number of carboxylic acid groups (broad SMARTS) is 1. The Kier molecular flexibility index (Phi) is 14.3. The highest BCUT2D eigenvalue weighted by molar-refractivity contribution is 8.12. The maximum Gasteiger partial charge on any atom is 0.350 e. The lowest BCUT2D eigenvalue weighted by molar-refractivity contribution is -0.122. The van der Waals surface area contributed by atoms with Gasteiger partial charge in [-0.2, -0.15) is 8.42 Å². The Hall–Kier alpha value is -0.620. The Bertz CT molecular complexity index is 229. The molecule has 0 radical (unpaired) electrons. The Labute approximate surface area is 72.8 Å². The van der Waals surface area contributed by atoms with Crippen LogP contribution in [0.2, 0.25) is 0 Å². The van der Waals surface area contributed by atoms with Crippen LogP contribution in [0.3, 0.4) is 0 Å². The molecule has 0 aliphatic carbocycles. The van der Waals surface area contributed by atoms with Crippen LogP contribution in [-0.4, -0.2) is 26.1 Å². The van der Waals surface area contributed by atoms with Crippen molar-refractivity contribution in [3.63, 3.8) is 0 Å². The molecule has 6 nitrogen and oxygen atoms in total. The van der Waals surface area contributed by atoms with Crippen LogP contribution in [0.15, 0.2) is 4.40 Å². The number of rotatable bonds is 1. The number of carbonyl (C=O) groups is 1. The van der Waals surface area contributed by atoms with Gasteiger partial charge in [0, 0.05) is 10.7 Å². The molecule has 9 heteroatoms. The van der Waals surface area contributed by atoms with Gasteiger partial charge in [0.15, 0.2) is 0 Å². The van der Waals surface area contributed by atoms with Gasteiger partial charge >= 0.3 is 9.24 Å². The third kappa shape index (κ3) is 44.7. The van der Waals surface area contributed by atoms with Crippen LogP contribution in [-0.2, 0) is 18.8 Å². The van der Waals surface area contributed by atoms with E-state index in [0.29, 0.717) is 0 Å². The fourth-order valence-corrected chi connectivity index (χ4v) is 0.218. The van der Waals surface area contributed by atoms with Gasteiger partial charge in [-0.25, -0.2) is 4.79 Å². The maximum absolute atomic E-state index is 9.57. The predicted molar refractivity (Wildman–Crippen MR) is 38.8 cm³/mol. The van der Waals surface area contributed by atoms with Crippen molar-refractivity contribution in [1.82, 2.24) is 0 Å². The first-order chi connectivity index (χ1) is 4.47. The molecule has 1 N–H and O–H groups in total. The molecule has 0 bridgehead atoms. The number of isocyanates is 1. The molecule has 0 aliphatic rings. The summed E-state index contributed by atoms with van der Waals surface area (Å²) >= 11 is 0. The summed E-state index contributed by atoms with van der Waals surface area (Å²) in [6, 6.07) is 0. The minimum atomic E-state index is -4.00. The highest BCUT2D eigenvalue weighted by atomic mass is 35.7. The van der Waals surface area contributed by atoms with Crippen LogP contribution in [0.25, 0.3) is 0 Å². The Morgan fingerprint density at radius 2 is 1.82 bits per heavy atom. The molecule has 0 aromatic rings. The largest absolute Gasteiger partial charge is 0.483 e. The van der Waals surface area contributed by atoms with E-state index in [1.807, 2.05) is 0 Å². The van der Waals surface area contributed by atoms with Gasteiger partial charge in [-0.15, -0.1) is 12.4 Å². The molecule has 0 aromatic heterocycles. The van der Waals surface area contributed by atoms with E-state index in [1.54, 1.807) is 0 Å². The average molecular weight is 224 g/mol. The second-order valence-corrected chi connectivity index (χ2v) is 2.88. The monoisotopic (exact) mass is 223 g/mol. The molecule has 0 spiro atoms. The van der Waals surface area contributed by atoms with Gasteiger partial charge in [0.05, 0.1) is 0 Å². The molecular weight excluding hydrogens is 221 g/mol. The zero-order chi connectivity index (χ0) is 8.62. The molecule has 0 atom stereocenters. The van der Waals surface area contributed by atoms with Gasteiger partial charge in [-0.05, 0) is 0 Å². The molecule has 0 fully saturated rings. The maximum atomic E-state index is 9.57. The molecule has 11 heavy (non-hydrogen) atoms. The van der Waals surface area contributed by atoms with Crippen LogP contribution in [0.5, 0.6) is 0 Å². The standard InChI is InChI=1S/CClNO3S.CH2O2.ClH/c2-7(5,6)3-1-4;2-1-3;/h;1H,(H,2,3);1H. The first-order valence-corrected chi connectivity index (χ1v) is 3.86. The smallest absolute Gasteiger partial charge is 0.350 e. The van der Waals surface area contributed by atoms with Crippen molar-refractivity contribution >= 4 is 44.9 Å². The molecule has 0 heterocycles. The molecular formula is C2H3Cl2NO5S. The number of hydrogen-bond donors (Lipinski definition) is 1. The third-order valence-corrected chi connectivity index (χ3v) is 0.646. The Morgan fingerprint density at radius 1 is 1.55 bits per heavy atom. The van der Waals surface area contributed by atoms with Gasteiger partial charge in [-0.1, -0.05) is 4.40 Å². The summed E-state index contributed by atoms with van der Waals surface area (Å²) in [6.45, 7) is -0.250. The first kappa shape index (κ1) is 16.8. The first-order valence-electron chi connectivity index (χ1n) is 1.59. The van der Waals surface area contributed by atoms with Gasteiger partial charge < -0.3 is 5.11 Å². The lowest BCUT2D eigenvalue weighted by Crippen LogP contribution is -1.76. The third-order valence-electron chi connectivity index (χ3n) is 0.146. The molecule has 0 unspecified atom stereocenters. The highest BCUT2D eigenvalue weighted by Crippen LogP contribution is 1.93. The predicted octanol–water partition coefficient (Wildman–Crippen LogP) is -0.0716. The SMILES string of the molecule is Cl.O=C=NS(=O)(=O)Cl.O=CO. The van der Waals surface area contributed by atoms with Crippen molar-refractivity contribution < 1.29 is 23.1 Å². The van der Waals surface area contributed by atoms with Crippen LogP contribution in [0.4, 0.5) is 0 Å². The molecule has 66 valence electrons. The molecule has 0 saturated heterocycles. The van der Waals surface area contributed by atoms with Crippen molar-refractivity contribution in [1.29, 1.82) is 0 Å². The topological polar surface area (TPSA) is 101 Å². The molecule has 0 saturated carbocycles. The number of hydrogen-bond acceptors (Lipinski definition) is 4. The number of nitrogens with zero attached hydrogens (tertiary/aromatic N) is 1. The zero-order valence-electron chi connectivity index (χ0n) is 4.80. The molecule has 0 amide bonds. The van der Waals surface area contributed by atoms with E-state index < -0.39 is 9.24 Å². The van der Waals surface area contributed by atoms with Crippen LogP contribution < -0.4 is 0 Å². The Balaban J connectivity index is -0.000000140. The summed E-state index contributed by atoms with van der Waals surface area (Å²) in [4.78, 5) is 17.4. The van der Waals surface area contributed by atoms with E-state index in [2.05, 4.69) is 15.1 Å². The summed E-state index contributed by atoms with van der Waals surface area (Å²) < 4.78 is 21.3. The highest BCUT2D eigenvalue weighted by Gasteiger charge is 1.95. The fourth-order valence-electron chi connectivity index (χ4n) is 0.0445. The van der Waals surface area contributed by atoms with Crippen molar-refractivity contribution in [2.45, 2.75) is 0 Å². The number of carbonyl (C=O) groups excluding carboxylic acids is 1. The van der Waals surface area contributed by atoms with Crippen LogP contribution >= 0.6 is 23.1 Å².